The number of piperazine rings is 1. The van der Waals surface area contributed by atoms with Crippen molar-refractivity contribution in [3.8, 4) is 0 Å². The first kappa shape index (κ1) is 28.0. The van der Waals surface area contributed by atoms with Gasteiger partial charge in [-0.05, 0) is 51.7 Å². The van der Waals surface area contributed by atoms with E-state index in [1.54, 1.807) is 0 Å². The van der Waals surface area contributed by atoms with E-state index in [0.717, 1.165) is 18.9 Å². The average Bonchev–Trinajstić information content (AvgIpc) is 3.28. The molecule has 8 heteroatoms. The van der Waals surface area contributed by atoms with Crippen LogP contribution in [0.5, 0.6) is 0 Å². The molecule has 3 fully saturated rings. The van der Waals surface area contributed by atoms with Gasteiger partial charge in [0.15, 0.2) is 0 Å². The standard InChI is InChI=1S/C29H43F2N3O3/c1-19-16-32(26(28(36)37)14-20-8-6-5-7-9-20)12-13-34(19)27(35)24-18-33(29(2,3)4)17-23(24)22-11-10-21(30)15-25(22)31/h10-11,15,19-20,23-24,26H,5-9,12-14,16-18H2,1-4H3,(H,36,37)/t19-,23-,24+,26-/m0/s1. The van der Waals surface area contributed by atoms with Crippen LogP contribution < -0.4 is 0 Å². The lowest BCUT2D eigenvalue weighted by Gasteiger charge is -2.44. The van der Waals surface area contributed by atoms with Gasteiger partial charge in [-0.1, -0.05) is 38.2 Å². The number of carboxylic acids is 1. The number of nitrogens with zero attached hydrogens (tertiary/aromatic N) is 3. The van der Waals surface area contributed by atoms with Crippen LogP contribution in [0, 0.1) is 23.5 Å². The Hall–Kier alpha value is -2.06. The Bertz CT molecular complexity index is 976. The maximum atomic E-state index is 14.8. The van der Waals surface area contributed by atoms with Gasteiger partial charge in [-0.15, -0.1) is 0 Å². The smallest absolute Gasteiger partial charge is 0.320 e. The lowest BCUT2D eigenvalue weighted by atomic mass is 9.84. The highest BCUT2D eigenvalue weighted by Gasteiger charge is 2.46. The van der Waals surface area contributed by atoms with Crippen molar-refractivity contribution in [1.29, 1.82) is 0 Å². The van der Waals surface area contributed by atoms with Crippen LogP contribution in [0.1, 0.15) is 77.7 Å². The number of likely N-dealkylation sites (tertiary alicyclic amines) is 1. The van der Waals surface area contributed by atoms with E-state index in [1.165, 1.54) is 31.4 Å². The largest absolute Gasteiger partial charge is 0.480 e. The summed E-state index contributed by atoms with van der Waals surface area (Å²) in [6.45, 7) is 10.8. The molecule has 0 radical (unpaired) electrons. The third-order valence-electron chi connectivity index (χ3n) is 8.90. The number of benzene rings is 1. The van der Waals surface area contributed by atoms with Crippen LogP contribution in [-0.2, 0) is 9.59 Å². The molecule has 2 aliphatic heterocycles. The van der Waals surface area contributed by atoms with Crippen LogP contribution in [0.25, 0.3) is 0 Å². The van der Waals surface area contributed by atoms with Crippen LogP contribution in [0.3, 0.4) is 0 Å². The third-order valence-corrected chi connectivity index (χ3v) is 8.90. The van der Waals surface area contributed by atoms with Gasteiger partial charge >= 0.3 is 5.97 Å². The first-order valence-corrected chi connectivity index (χ1v) is 13.9. The van der Waals surface area contributed by atoms with Crippen molar-refractivity contribution in [2.75, 3.05) is 32.7 Å². The van der Waals surface area contributed by atoms with Gasteiger partial charge in [0.1, 0.15) is 17.7 Å². The van der Waals surface area contributed by atoms with Gasteiger partial charge < -0.3 is 10.0 Å². The maximum absolute atomic E-state index is 14.8. The normalized spacial score (nSPS) is 27.4. The molecule has 37 heavy (non-hydrogen) atoms. The van der Waals surface area contributed by atoms with Crippen molar-refractivity contribution in [3.05, 3.63) is 35.4 Å². The summed E-state index contributed by atoms with van der Waals surface area (Å²) in [5, 5.41) is 10.0. The minimum absolute atomic E-state index is 0.0215. The Morgan fingerprint density at radius 1 is 1.05 bits per heavy atom. The molecule has 1 amide bonds. The fourth-order valence-electron chi connectivity index (χ4n) is 6.67. The molecule has 4 atom stereocenters. The first-order chi connectivity index (χ1) is 17.5. The molecule has 1 aromatic rings. The highest BCUT2D eigenvalue weighted by Crippen LogP contribution is 2.39. The quantitative estimate of drug-likeness (QED) is 0.589. The number of amides is 1. The second-order valence-electron chi connectivity index (χ2n) is 12.4. The molecule has 206 valence electrons. The van der Waals surface area contributed by atoms with Crippen molar-refractivity contribution in [1.82, 2.24) is 14.7 Å². The molecule has 4 rings (SSSR count). The highest BCUT2D eigenvalue weighted by atomic mass is 19.1. The summed E-state index contributed by atoms with van der Waals surface area (Å²) in [6, 6.07) is 2.98. The number of hydrogen-bond donors (Lipinski definition) is 1. The summed E-state index contributed by atoms with van der Waals surface area (Å²) in [4.78, 5) is 32.2. The fourth-order valence-corrected chi connectivity index (χ4v) is 6.67. The predicted molar refractivity (Wildman–Crippen MR) is 139 cm³/mol. The first-order valence-electron chi connectivity index (χ1n) is 13.9. The van der Waals surface area contributed by atoms with Crippen LogP contribution in [0.15, 0.2) is 18.2 Å². The number of aliphatic carboxylic acids is 1. The van der Waals surface area contributed by atoms with Gasteiger partial charge in [0.25, 0.3) is 0 Å². The SMILES string of the molecule is C[C@H]1CN([C@@H](CC2CCCCC2)C(=O)O)CCN1C(=O)[C@@H]1CN(C(C)(C)C)C[C@H]1c1ccc(F)cc1F. The zero-order chi connectivity index (χ0) is 26.9. The molecule has 1 aliphatic carbocycles. The number of halogens is 2. The Kier molecular flexibility index (Phi) is 8.58. The topological polar surface area (TPSA) is 64.1 Å². The summed E-state index contributed by atoms with van der Waals surface area (Å²) < 4.78 is 28.5. The molecule has 1 N–H and O–H groups in total. The molecule has 0 bridgehead atoms. The van der Waals surface area contributed by atoms with Gasteiger partial charge in [-0.2, -0.15) is 0 Å². The summed E-state index contributed by atoms with van der Waals surface area (Å²) in [5.74, 6) is -2.38. The summed E-state index contributed by atoms with van der Waals surface area (Å²) >= 11 is 0. The van der Waals surface area contributed by atoms with Crippen molar-refractivity contribution in [2.24, 2.45) is 11.8 Å². The predicted octanol–water partition coefficient (Wildman–Crippen LogP) is 4.74. The molecule has 0 unspecified atom stereocenters. The van der Waals surface area contributed by atoms with Crippen molar-refractivity contribution in [2.45, 2.75) is 89.8 Å². The number of carbonyl (C=O) groups is 2. The molecule has 1 saturated carbocycles. The Morgan fingerprint density at radius 2 is 1.76 bits per heavy atom. The van der Waals surface area contributed by atoms with Crippen LogP contribution in [0.2, 0.25) is 0 Å². The van der Waals surface area contributed by atoms with E-state index in [-0.39, 0.29) is 23.4 Å². The average molecular weight is 520 g/mol. The van der Waals surface area contributed by atoms with E-state index in [2.05, 4.69) is 25.7 Å². The van der Waals surface area contributed by atoms with Gasteiger partial charge in [0.2, 0.25) is 5.91 Å². The molecule has 0 spiro atoms. The van der Waals surface area contributed by atoms with Crippen LogP contribution in [-0.4, -0.2) is 82.0 Å². The zero-order valence-electron chi connectivity index (χ0n) is 22.8. The van der Waals surface area contributed by atoms with Gasteiger partial charge in [0.05, 0.1) is 5.92 Å². The van der Waals surface area contributed by atoms with E-state index in [0.29, 0.717) is 50.6 Å². The molecular formula is C29H43F2N3O3. The monoisotopic (exact) mass is 519 g/mol. The number of carbonyl (C=O) groups excluding carboxylic acids is 1. The molecule has 0 aromatic heterocycles. The summed E-state index contributed by atoms with van der Waals surface area (Å²) in [7, 11) is 0. The minimum atomic E-state index is -0.777. The van der Waals surface area contributed by atoms with E-state index in [4.69, 9.17) is 0 Å². The van der Waals surface area contributed by atoms with Crippen LogP contribution in [0.4, 0.5) is 8.78 Å². The lowest BCUT2D eigenvalue weighted by molar-refractivity contribution is -0.148. The Morgan fingerprint density at radius 3 is 2.35 bits per heavy atom. The minimum Gasteiger partial charge on any atom is -0.480 e. The van der Waals surface area contributed by atoms with Crippen LogP contribution >= 0.6 is 0 Å². The Labute approximate surface area is 220 Å². The van der Waals surface area contributed by atoms with Gasteiger partial charge in [0, 0.05) is 56.3 Å². The lowest BCUT2D eigenvalue weighted by Crippen LogP contribution is -2.59. The van der Waals surface area contributed by atoms with E-state index in [9.17, 15) is 23.5 Å². The second kappa shape index (κ2) is 11.4. The molecular weight excluding hydrogens is 476 g/mol. The van der Waals surface area contributed by atoms with Gasteiger partial charge in [-0.3, -0.25) is 19.4 Å². The van der Waals surface area contributed by atoms with E-state index in [1.807, 2.05) is 16.7 Å². The van der Waals surface area contributed by atoms with E-state index < -0.39 is 29.6 Å². The zero-order valence-corrected chi connectivity index (χ0v) is 22.8. The molecule has 2 saturated heterocycles. The molecule has 3 aliphatic rings. The second-order valence-corrected chi connectivity index (χ2v) is 12.4. The Balaban J connectivity index is 1.49. The third kappa shape index (κ3) is 6.33. The fraction of sp³-hybridized carbons (Fsp3) is 0.724. The summed E-state index contributed by atoms with van der Waals surface area (Å²) in [6.07, 6.45) is 6.47. The molecule has 2 heterocycles. The number of hydrogen-bond acceptors (Lipinski definition) is 4. The van der Waals surface area contributed by atoms with Crippen molar-refractivity contribution < 1.29 is 23.5 Å². The molecule has 6 nitrogen and oxygen atoms in total. The number of carboxylic acid groups (broad SMARTS) is 1. The van der Waals surface area contributed by atoms with Crippen molar-refractivity contribution in [3.63, 3.8) is 0 Å². The van der Waals surface area contributed by atoms with E-state index >= 15 is 0 Å². The van der Waals surface area contributed by atoms with Crippen molar-refractivity contribution >= 4 is 11.9 Å². The number of rotatable bonds is 6. The summed E-state index contributed by atoms with van der Waals surface area (Å²) in [5.41, 5.74) is 0.193. The molecule has 1 aromatic carbocycles. The highest BCUT2D eigenvalue weighted by molar-refractivity contribution is 5.81. The van der Waals surface area contributed by atoms with Gasteiger partial charge in [-0.25, -0.2) is 8.78 Å². The maximum Gasteiger partial charge on any atom is 0.320 e.